The first-order valence-electron chi connectivity index (χ1n) is 8.36. The van der Waals surface area contributed by atoms with E-state index in [-0.39, 0.29) is 37.2 Å². The summed E-state index contributed by atoms with van der Waals surface area (Å²) in [6, 6.07) is 6.52. The van der Waals surface area contributed by atoms with Crippen LogP contribution in [0.5, 0.6) is 0 Å². The van der Waals surface area contributed by atoms with E-state index < -0.39 is 6.04 Å². The third-order valence-corrected chi connectivity index (χ3v) is 4.68. The molecular formula is C18H20ClN3O4. The Morgan fingerprint density at radius 2 is 1.92 bits per heavy atom. The highest BCUT2D eigenvalue weighted by molar-refractivity contribution is 6.30. The van der Waals surface area contributed by atoms with Crippen LogP contribution in [0.25, 0.3) is 0 Å². The first-order valence-corrected chi connectivity index (χ1v) is 8.74. The number of amides is 3. The van der Waals surface area contributed by atoms with E-state index >= 15 is 0 Å². The number of nitrogens with zero attached hydrogens (tertiary/aromatic N) is 3. The monoisotopic (exact) mass is 377 g/mol. The molecule has 1 fully saturated rings. The molecule has 0 aliphatic carbocycles. The van der Waals surface area contributed by atoms with Crippen LogP contribution in [0.2, 0.25) is 5.02 Å². The molecule has 0 aromatic heterocycles. The maximum atomic E-state index is 12.9. The summed E-state index contributed by atoms with van der Waals surface area (Å²) in [6.45, 7) is 0.987. The number of carbonyl (C=O) groups is 3. The van der Waals surface area contributed by atoms with Crippen LogP contribution in [0, 0.1) is 0 Å². The minimum absolute atomic E-state index is 0.0152. The van der Waals surface area contributed by atoms with E-state index in [1.165, 1.54) is 12.0 Å². The molecule has 7 nitrogen and oxygen atoms in total. The molecular weight excluding hydrogens is 358 g/mol. The van der Waals surface area contributed by atoms with Gasteiger partial charge >= 0.3 is 0 Å². The number of likely N-dealkylation sites (tertiary alicyclic amines) is 1. The molecule has 0 radical (unpaired) electrons. The van der Waals surface area contributed by atoms with Gasteiger partial charge in [-0.15, -0.1) is 0 Å². The lowest BCUT2D eigenvalue weighted by molar-refractivity contribution is -0.151. The number of methoxy groups -OCH3 is 1. The number of benzene rings is 1. The molecule has 26 heavy (non-hydrogen) atoms. The van der Waals surface area contributed by atoms with Crippen molar-refractivity contribution in [3.05, 3.63) is 41.7 Å². The molecule has 1 atom stereocenters. The van der Waals surface area contributed by atoms with E-state index in [0.29, 0.717) is 18.1 Å². The number of rotatable bonds is 5. The summed E-state index contributed by atoms with van der Waals surface area (Å²) < 4.78 is 5.09. The molecule has 1 aromatic carbocycles. The van der Waals surface area contributed by atoms with Crippen LogP contribution in [-0.4, -0.2) is 60.4 Å². The van der Waals surface area contributed by atoms with Crippen LogP contribution < -0.4 is 4.90 Å². The van der Waals surface area contributed by atoms with E-state index in [2.05, 4.69) is 0 Å². The average Bonchev–Trinajstić information content (AvgIpc) is 2.98. The zero-order chi connectivity index (χ0) is 18.7. The van der Waals surface area contributed by atoms with Crippen molar-refractivity contribution in [3.63, 3.8) is 0 Å². The Kier molecular flexibility index (Phi) is 5.58. The molecule has 3 rings (SSSR count). The fraction of sp³-hybridized carbons (Fsp3) is 0.389. The second kappa shape index (κ2) is 7.88. The third kappa shape index (κ3) is 3.73. The molecule has 0 bridgehead atoms. The van der Waals surface area contributed by atoms with Crippen molar-refractivity contribution < 1.29 is 19.1 Å². The molecule has 0 spiro atoms. The Bertz CT molecular complexity index is 736. The SMILES string of the molecule is COCC(C(=O)N1C=CN(c2cccc(Cl)c2)CC1)N1C(=O)CCC1=O. The van der Waals surface area contributed by atoms with Gasteiger partial charge in [-0.2, -0.15) is 0 Å². The van der Waals surface area contributed by atoms with Gasteiger partial charge in [0.25, 0.3) is 5.91 Å². The molecule has 2 aliphatic rings. The van der Waals surface area contributed by atoms with Crippen molar-refractivity contribution in [2.24, 2.45) is 0 Å². The highest BCUT2D eigenvalue weighted by atomic mass is 35.5. The lowest BCUT2D eigenvalue weighted by Crippen LogP contribution is -2.53. The second-order valence-electron chi connectivity index (χ2n) is 6.13. The maximum Gasteiger partial charge on any atom is 0.252 e. The van der Waals surface area contributed by atoms with E-state index in [1.807, 2.05) is 23.1 Å². The van der Waals surface area contributed by atoms with Gasteiger partial charge in [-0.1, -0.05) is 17.7 Å². The number of anilines is 1. The number of ether oxygens (including phenoxy) is 1. The summed E-state index contributed by atoms with van der Waals surface area (Å²) >= 11 is 6.02. The Morgan fingerprint density at radius 3 is 2.50 bits per heavy atom. The van der Waals surface area contributed by atoms with E-state index in [9.17, 15) is 14.4 Å². The minimum atomic E-state index is -0.926. The molecule has 138 valence electrons. The fourth-order valence-corrected chi connectivity index (χ4v) is 3.31. The predicted molar refractivity (Wildman–Crippen MR) is 96.4 cm³/mol. The Hall–Kier alpha value is -2.38. The van der Waals surface area contributed by atoms with Gasteiger partial charge < -0.3 is 14.5 Å². The molecule has 0 N–H and O–H groups in total. The standard InChI is InChI=1S/C18H20ClN3O4/c1-26-12-15(22-16(23)5-6-17(22)24)18(25)21-9-7-20(8-10-21)14-4-2-3-13(19)11-14/h2-4,7,9,11,15H,5-6,8,10,12H2,1H3. The number of hydrogen-bond acceptors (Lipinski definition) is 5. The lowest BCUT2D eigenvalue weighted by Gasteiger charge is -2.34. The summed E-state index contributed by atoms with van der Waals surface area (Å²) in [5.41, 5.74) is 0.930. The molecule has 2 aliphatic heterocycles. The zero-order valence-corrected chi connectivity index (χ0v) is 15.2. The van der Waals surface area contributed by atoms with Crippen LogP contribution in [0.1, 0.15) is 12.8 Å². The molecule has 0 saturated carbocycles. The van der Waals surface area contributed by atoms with Crippen molar-refractivity contribution >= 4 is 35.0 Å². The van der Waals surface area contributed by atoms with Crippen LogP contribution in [0.4, 0.5) is 5.69 Å². The molecule has 1 aromatic rings. The van der Waals surface area contributed by atoms with Gasteiger partial charge in [0.2, 0.25) is 11.8 Å². The largest absolute Gasteiger partial charge is 0.382 e. The van der Waals surface area contributed by atoms with Crippen LogP contribution >= 0.6 is 11.6 Å². The molecule has 3 amide bonds. The first kappa shape index (κ1) is 18.4. The topological polar surface area (TPSA) is 70.2 Å². The Labute approximate surface area is 156 Å². The number of hydrogen-bond donors (Lipinski definition) is 0. The van der Waals surface area contributed by atoms with Crippen molar-refractivity contribution in [1.29, 1.82) is 0 Å². The molecule has 8 heteroatoms. The summed E-state index contributed by atoms with van der Waals surface area (Å²) in [4.78, 5) is 41.4. The first-order chi connectivity index (χ1) is 12.5. The van der Waals surface area contributed by atoms with Crippen LogP contribution in [0.3, 0.4) is 0 Å². The second-order valence-corrected chi connectivity index (χ2v) is 6.57. The Balaban J connectivity index is 1.74. The van der Waals surface area contributed by atoms with Gasteiger partial charge in [-0.25, -0.2) is 0 Å². The predicted octanol–water partition coefficient (Wildman–Crippen LogP) is 1.62. The average molecular weight is 378 g/mol. The summed E-state index contributed by atoms with van der Waals surface area (Å²) in [6.07, 6.45) is 3.72. The molecule has 1 saturated heterocycles. The van der Waals surface area contributed by atoms with Crippen molar-refractivity contribution in [2.75, 3.05) is 31.7 Å². The van der Waals surface area contributed by atoms with Gasteiger partial charge in [-0.05, 0) is 18.2 Å². The van der Waals surface area contributed by atoms with Gasteiger partial charge in [0.05, 0.1) is 6.61 Å². The van der Waals surface area contributed by atoms with Crippen molar-refractivity contribution in [3.8, 4) is 0 Å². The molecule has 1 unspecified atom stereocenters. The summed E-state index contributed by atoms with van der Waals surface area (Å²) in [5, 5.41) is 0.639. The van der Waals surface area contributed by atoms with Gasteiger partial charge in [-0.3, -0.25) is 19.3 Å². The van der Waals surface area contributed by atoms with E-state index in [4.69, 9.17) is 16.3 Å². The lowest BCUT2D eigenvalue weighted by atomic mass is 10.2. The van der Waals surface area contributed by atoms with Gasteiger partial charge in [0.1, 0.15) is 6.04 Å². The highest BCUT2D eigenvalue weighted by Gasteiger charge is 2.40. The van der Waals surface area contributed by atoms with Gasteiger partial charge in [0.15, 0.2) is 0 Å². The van der Waals surface area contributed by atoms with Crippen LogP contribution in [-0.2, 0) is 19.1 Å². The normalized spacial score (nSPS) is 18.6. The quantitative estimate of drug-likeness (QED) is 0.729. The maximum absolute atomic E-state index is 12.9. The van der Waals surface area contributed by atoms with Crippen LogP contribution in [0.15, 0.2) is 36.7 Å². The number of carbonyl (C=O) groups excluding carboxylic acids is 3. The summed E-state index contributed by atoms with van der Waals surface area (Å²) in [7, 11) is 1.44. The third-order valence-electron chi connectivity index (χ3n) is 4.44. The molecule has 2 heterocycles. The van der Waals surface area contributed by atoms with Crippen molar-refractivity contribution in [1.82, 2.24) is 9.80 Å². The minimum Gasteiger partial charge on any atom is -0.382 e. The number of imide groups is 1. The Morgan fingerprint density at radius 1 is 1.19 bits per heavy atom. The van der Waals surface area contributed by atoms with Crippen molar-refractivity contribution in [2.45, 2.75) is 18.9 Å². The fourth-order valence-electron chi connectivity index (χ4n) is 3.13. The summed E-state index contributed by atoms with van der Waals surface area (Å²) in [5.74, 6) is -0.976. The smallest absolute Gasteiger partial charge is 0.252 e. The highest BCUT2D eigenvalue weighted by Crippen LogP contribution is 2.23. The zero-order valence-electron chi connectivity index (χ0n) is 14.4. The van der Waals surface area contributed by atoms with Gasteiger partial charge in [0, 0.05) is 56.2 Å². The van der Waals surface area contributed by atoms with E-state index in [1.54, 1.807) is 18.5 Å². The number of halogens is 1. The van der Waals surface area contributed by atoms with E-state index in [0.717, 1.165) is 10.6 Å².